The van der Waals surface area contributed by atoms with Gasteiger partial charge in [-0.15, -0.1) is 0 Å². The molecule has 1 saturated carbocycles. The van der Waals surface area contributed by atoms with E-state index in [0.717, 1.165) is 24.7 Å². The molecule has 0 radical (unpaired) electrons. The van der Waals surface area contributed by atoms with Gasteiger partial charge in [0, 0.05) is 6.42 Å². The van der Waals surface area contributed by atoms with Crippen LogP contribution in [0.25, 0.3) is 0 Å². The third-order valence-electron chi connectivity index (χ3n) is 5.96. The fourth-order valence-corrected chi connectivity index (χ4v) is 4.15. The van der Waals surface area contributed by atoms with Crippen LogP contribution in [0.4, 0.5) is 0 Å². The molecule has 0 aromatic rings. The molecule has 0 unspecified atom stereocenters. The Morgan fingerprint density at radius 3 is 1.58 bits per heavy atom. The van der Waals surface area contributed by atoms with E-state index in [1.54, 1.807) is 0 Å². The number of hydrogen-bond acceptors (Lipinski definition) is 1. The van der Waals surface area contributed by atoms with Crippen LogP contribution in [0.5, 0.6) is 0 Å². The zero-order valence-corrected chi connectivity index (χ0v) is 16.5. The summed E-state index contributed by atoms with van der Waals surface area (Å²) < 4.78 is 0. The Bertz CT molecular complexity index is 288. The first-order valence-electron chi connectivity index (χ1n) is 11.0. The molecular weight excluding hydrogens is 292 g/mol. The lowest BCUT2D eigenvalue weighted by Gasteiger charge is -2.26. The van der Waals surface area contributed by atoms with Gasteiger partial charge in [0.25, 0.3) is 0 Å². The van der Waals surface area contributed by atoms with Gasteiger partial charge in [0.05, 0.1) is 5.76 Å². The van der Waals surface area contributed by atoms with Crippen molar-refractivity contribution in [2.24, 2.45) is 11.8 Å². The highest BCUT2D eigenvalue weighted by Gasteiger charge is 2.17. The van der Waals surface area contributed by atoms with Crippen LogP contribution in [0.3, 0.4) is 0 Å². The van der Waals surface area contributed by atoms with E-state index in [0.29, 0.717) is 5.76 Å². The molecule has 1 nitrogen and oxygen atoms in total. The summed E-state index contributed by atoms with van der Waals surface area (Å²) in [7, 11) is 0. The van der Waals surface area contributed by atoms with Crippen LogP contribution in [0.2, 0.25) is 0 Å². The van der Waals surface area contributed by atoms with Crippen molar-refractivity contribution in [2.75, 3.05) is 0 Å². The second-order valence-electron chi connectivity index (χ2n) is 8.47. The molecule has 1 N–H and O–H groups in total. The lowest BCUT2D eigenvalue weighted by atomic mass is 9.80. The van der Waals surface area contributed by atoms with E-state index < -0.39 is 0 Å². The largest absolute Gasteiger partial charge is 0.513 e. The van der Waals surface area contributed by atoms with E-state index in [2.05, 4.69) is 13.5 Å². The molecule has 0 atom stereocenters. The Kier molecular flexibility index (Phi) is 13.4. The molecule has 1 aliphatic rings. The van der Waals surface area contributed by atoms with Crippen LogP contribution in [0.1, 0.15) is 122 Å². The van der Waals surface area contributed by atoms with Gasteiger partial charge in [0.1, 0.15) is 0 Å². The Labute approximate surface area is 152 Å². The predicted octanol–water partition coefficient (Wildman–Crippen LogP) is 8.35. The van der Waals surface area contributed by atoms with E-state index in [-0.39, 0.29) is 0 Å². The zero-order valence-electron chi connectivity index (χ0n) is 16.5. The second-order valence-corrected chi connectivity index (χ2v) is 8.47. The molecule has 0 amide bonds. The van der Waals surface area contributed by atoms with E-state index in [1.165, 1.54) is 103 Å². The minimum atomic E-state index is 0.350. The Morgan fingerprint density at radius 2 is 1.12 bits per heavy atom. The molecule has 1 heteroatoms. The van der Waals surface area contributed by atoms with E-state index >= 15 is 0 Å². The van der Waals surface area contributed by atoms with Crippen molar-refractivity contribution in [1.82, 2.24) is 0 Å². The SMILES string of the molecule is C=C(O)CCCCCCCCCCCCCCC1CCC(C)CC1. The lowest BCUT2D eigenvalue weighted by molar-refractivity contribution is 0.271. The van der Waals surface area contributed by atoms with Crippen molar-refractivity contribution >= 4 is 0 Å². The van der Waals surface area contributed by atoms with Crippen molar-refractivity contribution in [3.8, 4) is 0 Å². The standard InChI is InChI=1S/C23H44O/c1-21-17-19-23(20-18-21)16-14-12-10-8-6-4-3-5-7-9-11-13-15-22(2)24/h21,23-24H,2-20H2,1H3. The Morgan fingerprint density at radius 1 is 0.708 bits per heavy atom. The third kappa shape index (κ3) is 12.9. The lowest BCUT2D eigenvalue weighted by Crippen LogP contribution is -2.12. The number of allylic oxidation sites excluding steroid dienone is 1. The van der Waals surface area contributed by atoms with Crippen molar-refractivity contribution < 1.29 is 5.11 Å². The van der Waals surface area contributed by atoms with Gasteiger partial charge in [-0.2, -0.15) is 0 Å². The number of aliphatic hydroxyl groups is 1. The van der Waals surface area contributed by atoms with Crippen molar-refractivity contribution in [2.45, 2.75) is 122 Å². The minimum Gasteiger partial charge on any atom is -0.513 e. The highest BCUT2D eigenvalue weighted by Crippen LogP contribution is 2.31. The van der Waals surface area contributed by atoms with Gasteiger partial charge < -0.3 is 5.11 Å². The Balaban J connectivity index is 1.71. The molecule has 1 aliphatic carbocycles. The quantitative estimate of drug-likeness (QED) is 0.235. The van der Waals surface area contributed by atoms with Crippen LogP contribution in [0, 0.1) is 11.8 Å². The van der Waals surface area contributed by atoms with Crippen LogP contribution in [0.15, 0.2) is 12.3 Å². The summed E-state index contributed by atoms with van der Waals surface area (Å²) in [5.41, 5.74) is 0. The molecule has 1 fully saturated rings. The molecule has 0 spiro atoms. The van der Waals surface area contributed by atoms with Gasteiger partial charge in [-0.3, -0.25) is 0 Å². The van der Waals surface area contributed by atoms with Crippen molar-refractivity contribution in [3.05, 3.63) is 12.3 Å². The first kappa shape index (κ1) is 21.6. The van der Waals surface area contributed by atoms with Crippen LogP contribution >= 0.6 is 0 Å². The summed E-state index contributed by atoms with van der Waals surface area (Å²) in [6, 6.07) is 0. The van der Waals surface area contributed by atoms with Crippen molar-refractivity contribution in [1.29, 1.82) is 0 Å². The van der Waals surface area contributed by atoms with Gasteiger partial charge in [0.15, 0.2) is 0 Å². The fraction of sp³-hybridized carbons (Fsp3) is 0.913. The first-order chi connectivity index (χ1) is 11.7. The normalized spacial score (nSPS) is 21.0. The van der Waals surface area contributed by atoms with E-state index in [4.69, 9.17) is 5.11 Å². The highest BCUT2D eigenvalue weighted by molar-refractivity contribution is 4.77. The average molecular weight is 337 g/mol. The summed E-state index contributed by atoms with van der Waals surface area (Å²) in [5.74, 6) is 2.42. The number of rotatable bonds is 15. The topological polar surface area (TPSA) is 20.2 Å². The van der Waals surface area contributed by atoms with Gasteiger partial charge >= 0.3 is 0 Å². The zero-order chi connectivity index (χ0) is 17.5. The van der Waals surface area contributed by atoms with Gasteiger partial charge in [-0.25, -0.2) is 0 Å². The first-order valence-corrected chi connectivity index (χ1v) is 11.0. The minimum absolute atomic E-state index is 0.350. The van der Waals surface area contributed by atoms with Crippen molar-refractivity contribution in [3.63, 3.8) is 0 Å². The summed E-state index contributed by atoms with van der Waals surface area (Å²) in [5, 5.41) is 9.01. The van der Waals surface area contributed by atoms with E-state index in [1.807, 2.05) is 0 Å². The second kappa shape index (κ2) is 14.8. The molecule has 0 aromatic carbocycles. The highest BCUT2D eigenvalue weighted by atomic mass is 16.3. The number of aliphatic hydroxyl groups excluding tert-OH is 1. The molecule has 0 aliphatic heterocycles. The molecule has 0 saturated heterocycles. The monoisotopic (exact) mass is 336 g/mol. The molecule has 142 valence electrons. The summed E-state index contributed by atoms with van der Waals surface area (Å²) in [6.45, 7) is 5.95. The number of hydrogen-bond donors (Lipinski definition) is 1. The maximum atomic E-state index is 9.01. The molecule has 0 bridgehead atoms. The summed E-state index contributed by atoms with van der Waals surface area (Å²) >= 11 is 0. The van der Waals surface area contributed by atoms with E-state index in [9.17, 15) is 0 Å². The maximum absolute atomic E-state index is 9.01. The van der Waals surface area contributed by atoms with Crippen LogP contribution in [-0.4, -0.2) is 5.11 Å². The fourth-order valence-electron chi connectivity index (χ4n) is 4.15. The van der Waals surface area contributed by atoms with Gasteiger partial charge in [0.2, 0.25) is 0 Å². The van der Waals surface area contributed by atoms with Crippen LogP contribution < -0.4 is 0 Å². The predicted molar refractivity (Wildman–Crippen MR) is 108 cm³/mol. The summed E-state index contributed by atoms with van der Waals surface area (Å²) in [4.78, 5) is 0. The molecule has 24 heavy (non-hydrogen) atoms. The average Bonchev–Trinajstić information content (AvgIpc) is 2.56. The molecule has 0 heterocycles. The van der Waals surface area contributed by atoms with Crippen LogP contribution in [-0.2, 0) is 0 Å². The van der Waals surface area contributed by atoms with Gasteiger partial charge in [-0.05, 0) is 18.3 Å². The maximum Gasteiger partial charge on any atom is 0.0851 e. The van der Waals surface area contributed by atoms with Gasteiger partial charge in [-0.1, -0.05) is 116 Å². The molecule has 1 rings (SSSR count). The molecule has 0 aromatic heterocycles. The smallest absolute Gasteiger partial charge is 0.0851 e. The summed E-state index contributed by atoms with van der Waals surface area (Å²) in [6.07, 6.45) is 25.0. The molecular formula is C23H44O. The number of unbranched alkanes of at least 4 members (excludes halogenated alkanes) is 11. The Hall–Kier alpha value is -0.460. The third-order valence-corrected chi connectivity index (χ3v) is 5.96.